The number of hydrogen-bond acceptors (Lipinski definition) is 5. The Bertz CT molecular complexity index is 1210. The number of benzene rings is 2. The van der Waals surface area contributed by atoms with E-state index in [0.29, 0.717) is 16.1 Å². The van der Waals surface area contributed by atoms with Gasteiger partial charge in [-0.15, -0.1) is 11.3 Å². The van der Waals surface area contributed by atoms with E-state index in [1.807, 2.05) is 0 Å². The van der Waals surface area contributed by atoms with Crippen molar-refractivity contribution in [2.24, 2.45) is 0 Å². The molecule has 0 saturated heterocycles. The number of para-hydroxylation sites is 2. The van der Waals surface area contributed by atoms with Gasteiger partial charge in [0, 0.05) is 5.69 Å². The average Bonchev–Trinajstić information content (AvgIpc) is 3.40. The van der Waals surface area contributed by atoms with E-state index in [2.05, 4.69) is 10.3 Å². The summed E-state index contributed by atoms with van der Waals surface area (Å²) in [5.74, 6) is -1.06. The first-order valence-corrected chi connectivity index (χ1v) is 9.77. The zero-order chi connectivity index (χ0) is 21.1. The highest BCUT2D eigenvalue weighted by Gasteiger charge is 2.19. The first-order chi connectivity index (χ1) is 14.5. The smallest absolute Gasteiger partial charge is 0.338 e. The molecule has 0 bridgehead atoms. The number of nitrogens with one attached hydrogen (secondary N) is 1. The third-order valence-corrected chi connectivity index (χ3v) is 5.17. The van der Waals surface area contributed by atoms with Crippen molar-refractivity contribution in [3.63, 3.8) is 0 Å². The second kappa shape index (κ2) is 8.42. The summed E-state index contributed by atoms with van der Waals surface area (Å²) in [6.45, 7) is -3.23. The Morgan fingerprint density at radius 1 is 1.10 bits per heavy atom. The molecule has 4 aromatic rings. The molecule has 4 rings (SSSR count). The van der Waals surface area contributed by atoms with Crippen molar-refractivity contribution in [1.82, 2.24) is 9.55 Å². The topological polar surface area (TPSA) is 73.2 Å². The number of fused-ring (bicyclic) bond motifs is 1. The summed E-state index contributed by atoms with van der Waals surface area (Å²) in [6.07, 6.45) is 0. The van der Waals surface area contributed by atoms with Gasteiger partial charge < -0.3 is 10.1 Å². The monoisotopic (exact) mass is 427 g/mol. The van der Waals surface area contributed by atoms with Crippen LogP contribution in [-0.2, 0) is 11.3 Å². The molecule has 2 aromatic heterocycles. The molecule has 0 saturated carbocycles. The summed E-state index contributed by atoms with van der Waals surface area (Å²) in [6, 6.07) is 16.1. The van der Waals surface area contributed by atoms with Crippen LogP contribution in [0.1, 0.15) is 32.4 Å². The minimum atomic E-state index is -2.82. The molecule has 152 valence electrons. The van der Waals surface area contributed by atoms with Crippen molar-refractivity contribution in [2.45, 2.75) is 13.2 Å². The number of nitrogens with zero attached hydrogens (tertiary/aromatic N) is 2. The van der Waals surface area contributed by atoms with Crippen molar-refractivity contribution in [3.05, 3.63) is 82.3 Å². The second-order valence-corrected chi connectivity index (χ2v) is 7.20. The molecule has 30 heavy (non-hydrogen) atoms. The van der Waals surface area contributed by atoms with E-state index in [1.54, 1.807) is 47.8 Å². The third-order valence-electron chi connectivity index (χ3n) is 4.30. The summed E-state index contributed by atoms with van der Waals surface area (Å²) in [5, 5.41) is 4.49. The molecule has 0 radical (unpaired) electrons. The summed E-state index contributed by atoms with van der Waals surface area (Å²) in [4.78, 5) is 29.2. The molecule has 0 atom stereocenters. The van der Waals surface area contributed by atoms with E-state index in [9.17, 15) is 18.4 Å². The lowest BCUT2D eigenvalue weighted by Crippen LogP contribution is -2.12. The predicted octanol–water partition coefficient (Wildman–Crippen LogP) is 5.10. The Balaban J connectivity index is 1.48. The number of ether oxygens (including phenoxy) is 1. The van der Waals surface area contributed by atoms with Crippen LogP contribution in [0.3, 0.4) is 0 Å². The van der Waals surface area contributed by atoms with Gasteiger partial charge in [-0.1, -0.05) is 24.3 Å². The SMILES string of the molecule is O=C(OCc1nc2ccccc2n1C(F)F)c1cccc(NC(=O)c2cccs2)c1. The van der Waals surface area contributed by atoms with Gasteiger partial charge in [-0.25, -0.2) is 9.78 Å². The minimum absolute atomic E-state index is 0.0540. The van der Waals surface area contributed by atoms with Crippen LogP contribution in [0.15, 0.2) is 66.0 Å². The average molecular weight is 427 g/mol. The second-order valence-electron chi connectivity index (χ2n) is 6.25. The molecular weight excluding hydrogens is 412 g/mol. The van der Waals surface area contributed by atoms with Crippen LogP contribution in [0, 0.1) is 0 Å². The Morgan fingerprint density at radius 3 is 2.70 bits per heavy atom. The van der Waals surface area contributed by atoms with Gasteiger partial charge in [-0.05, 0) is 41.8 Å². The van der Waals surface area contributed by atoms with Crippen LogP contribution < -0.4 is 5.32 Å². The van der Waals surface area contributed by atoms with Crippen molar-refractivity contribution in [2.75, 3.05) is 5.32 Å². The van der Waals surface area contributed by atoms with Gasteiger partial charge in [0.1, 0.15) is 6.61 Å². The van der Waals surface area contributed by atoms with Crippen LogP contribution in [0.25, 0.3) is 11.0 Å². The number of imidazole rings is 1. The highest BCUT2D eigenvalue weighted by Crippen LogP contribution is 2.24. The zero-order valence-electron chi connectivity index (χ0n) is 15.4. The fraction of sp³-hybridized carbons (Fsp3) is 0.0952. The number of rotatable bonds is 6. The Labute approximate surface area is 173 Å². The fourth-order valence-electron chi connectivity index (χ4n) is 2.95. The van der Waals surface area contributed by atoms with Crippen LogP contribution in [0.5, 0.6) is 0 Å². The van der Waals surface area contributed by atoms with Crippen molar-refractivity contribution in [3.8, 4) is 0 Å². The molecule has 9 heteroatoms. The number of carbonyl (C=O) groups is 2. The number of aromatic nitrogens is 2. The number of esters is 1. The largest absolute Gasteiger partial charge is 0.454 e. The van der Waals surface area contributed by atoms with Crippen LogP contribution in [-0.4, -0.2) is 21.4 Å². The molecule has 0 fully saturated rings. The Kier molecular flexibility index (Phi) is 5.53. The van der Waals surface area contributed by atoms with E-state index in [0.717, 1.165) is 4.57 Å². The number of hydrogen-bond donors (Lipinski definition) is 1. The minimum Gasteiger partial charge on any atom is -0.454 e. The maximum Gasteiger partial charge on any atom is 0.338 e. The van der Waals surface area contributed by atoms with Crippen molar-refractivity contribution < 1.29 is 23.1 Å². The molecule has 1 amide bonds. The standard InChI is InChI=1S/C21H15F2N3O3S/c22-21(23)26-16-8-2-1-7-15(16)25-18(26)12-29-20(28)13-5-3-6-14(11-13)24-19(27)17-9-4-10-30-17/h1-11,21H,12H2,(H,24,27). The molecule has 0 aliphatic rings. The lowest BCUT2D eigenvalue weighted by atomic mass is 10.2. The van der Waals surface area contributed by atoms with Crippen LogP contribution in [0.2, 0.25) is 0 Å². The number of thiophene rings is 1. The van der Waals surface area contributed by atoms with Crippen LogP contribution in [0.4, 0.5) is 14.5 Å². The van der Waals surface area contributed by atoms with E-state index >= 15 is 0 Å². The highest BCUT2D eigenvalue weighted by molar-refractivity contribution is 7.12. The van der Waals surface area contributed by atoms with Gasteiger partial charge in [-0.2, -0.15) is 8.78 Å². The number of amides is 1. The normalized spacial score (nSPS) is 11.0. The summed E-state index contributed by atoms with van der Waals surface area (Å²) < 4.78 is 32.9. The molecule has 0 aliphatic heterocycles. The summed E-state index contributed by atoms with van der Waals surface area (Å²) in [7, 11) is 0. The van der Waals surface area contributed by atoms with E-state index in [-0.39, 0.29) is 22.8 Å². The van der Waals surface area contributed by atoms with Gasteiger partial charge in [0.25, 0.3) is 5.91 Å². The number of carbonyl (C=O) groups excluding carboxylic acids is 2. The van der Waals surface area contributed by atoms with Gasteiger partial charge in [0.15, 0.2) is 5.82 Å². The number of alkyl halides is 2. The Hall–Kier alpha value is -3.59. The van der Waals surface area contributed by atoms with Gasteiger partial charge >= 0.3 is 12.5 Å². The molecule has 2 heterocycles. The lowest BCUT2D eigenvalue weighted by molar-refractivity contribution is 0.0387. The molecule has 2 aromatic carbocycles. The summed E-state index contributed by atoms with van der Waals surface area (Å²) in [5.41, 5.74) is 1.25. The molecular formula is C21H15F2N3O3S. The van der Waals surface area contributed by atoms with Crippen molar-refractivity contribution >= 4 is 39.9 Å². The van der Waals surface area contributed by atoms with Gasteiger partial charge in [0.05, 0.1) is 21.5 Å². The van der Waals surface area contributed by atoms with Gasteiger partial charge in [0.2, 0.25) is 0 Å². The Morgan fingerprint density at radius 2 is 1.93 bits per heavy atom. The summed E-state index contributed by atoms with van der Waals surface area (Å²) >= 11 is 1.30. The number of anilines is 1. The predicted molar refractivity (Wildman–Crippen MR) is 109 cm³/mol. The van der Waals surface area contributed by atoms with Gasteiger partial charge in [-0.3, -0.25) is 9.36 Å². The van der Waals surface area contributed by atoms with Crippen molar-refractivity contribution in [1.29, 1.82) is 0 Å². The number of halogens is 2. The maximum absolute atomic E-state index is 13.5. The highest BCUT2D eigenvalue weighted by atomic mass is 32.1. The van der Waals surface area contributed by atoms with E-state index in [4.69, 9.17) is 4.74 Å². The van der Waals surface area contributed by atoms with E-state index < -0.39 is 19.1 Å². The molecule has 6 nitrogen and oxygen atoms in total. The fourth-order valence-corrected chi connectivity index (χ4v) is 3.57. The first kappa shape index (κ1) is 19.7. The zero-order valence-corrected chi connectivity index (χ0v) is 16.2. The molecule has 0 aliphatic carbocycles. The quantitative estimate of drug-likeness (QED) is 0.435. The lowest BCUT2D eigenvalue weighted by Gasteiger charge is -2.09. The molecule has 0 unspecified atom stereocenters. The van der Waals surface area contributed by atoms with E-state index in [1.165, 1.54) is 29.5 Å². The first-order valence-electron chi connectivity index (χ1n) is 8.89. The molecule has 1 N–H and O–H groups in total. The maximum atomic E-state index is 13.5. The third kappa shape index (κ3) is 4.06. The molecule has 0 spiro atoms. The van der Waals surface area contributed by atoms with Crippen LogP contribution >= 0.6 is 11.3 Å².